The largest absolute Gasteiger partial charge is 0.367 e. The van der Waals surface area contributed by atoms with Gasteiger partial charge in [0.2, 0.25) is 0 Å². The van der Waals surface area contributed by atoms with Crippen LogP contribution in [0.2, 0.25) is 0 Å². The molecular formula is C14H24Cl2N4O3. The quantitative estimate of drug-likeness (QED) is 0.816. The lowest BCUT2D eigenvalue weighted by atomic mass is 9.96. The summed E-state index contributed by atoms with van der Waals surface area (Å²) in [6.07, 6.45) is 3.36. The SMILES string of the molecule is Cl.Cl.Cn1cc(C2(C)CN(C(=O)C3CNCCO3)CCO2)cn1. The smallest absolute Gasteiger partial charge is 0.253 e. The van der Waals surface area contributed by atoms with Crippen molar-refractivity contribution in [1.29, 1.82) is 0 Å². The molecule has 1 aromatic rings. The van der Waals surface area contributed by atoms with Crippen LogP contribution in [-0.4, -0.2) is 66.1 Å². The Morgan fingerprint density at radius 1 is 1.43 bits per heavy atom. The van der Waals surface area contributed by atoms with Crippen molar-refractivity contribution in [2.24, 2.45) is 7.05 Å². The number of ether oxygens (including phenoxy) is 2. The fraction of sp³-hybridized carbons (Fsp3) is 0.714. The molecular weight excluding hydrogens is 343 g/mol. The number of carbonyl (C=O) groups is 1. The third-order valence-electron chi connectivity index (χ3n) is 4.10. The molecule has 2 atom stereocenters. The number of hydrogen-bond donors (Lipinski definition) is 1. The van der Waals surface area contributed by atoms with Crippen LogP contribution < -0.4 is 5.32 Å². The molecule has 2 unspecified atom stereocenters. The van der Waals surface area contributed by atoms with Crippen LogP contribution in [0.25, 0.3) is 0 Å². The van der Waals surface area contributed by atoms with E-state index in [-0.39, 0.29) is 36.8 Å². The van der Waals surface area contributed by atoms with Crippen LogP contribution in [0.15, 0.2) is 12.4 Å². The Morgan fingerprint density at radius 2 is 2.22 bits per heavy atom. The first-order chi connectivity index (χ1) is 10.1. The molecule has 2 saturated heterocycles. The molecule has 7 nitrogen and oxygen atoms in total. The monoisotopic (exact) mass is 366 g/mol. The average Bonchev–Trinajstić information content (AvgIpc) is 2.95. The van der Waals surface area contributed by atoms with Gasteiger partial charge in [-0.15, -0.1) is 24.8 Å². The highest BCUT2D eigenvalue weighted by atomic mass is 35.5. The van der Waals surface area contributed by atoms with Gasteiger partial charge in [0.1, 0.15) is 11.7 Å². The summed E-state index contributed by atoms with van der Waals surface area (Å²) in [5.41, 5.74) is 0.481. The summed E-state index contributed by atoms with van der Waals surface area (Å²) >= 11 is 0. The lowest BCUT2D eigenvalue weighted by molar-refractivity contribution is -0.161. The Hall–Kier alpha value is -0.860. The summed E-state index contributed by atoms with van der Waals surface area (Å²) < 4.78 is 13.2. The first-order valence-corrected chi connectivity index (χ1v) is 7.33. The second-order valence-electron chi connectivity index (χ2n) is 5.81. The van der Waals surface area contributed by atoms with E-state index in [4.69, 9.17) is 9.47 Å². The maximum Gasteiger partial charge on any atom is 0.253 e. The lowest BCUT2D eigenvalue weighted by Gasteiger charge is -2.41. The van der Waals surface area contributed by atoms with Crippen molar-refractivity contribution in [3.63, 3.8) is 0 Å². The Bertz CT molecular complexity index is 522. The van der Waals surface area contributed by atoms with Crippen molar-refractivity contribution >= 4 is 30.7 Å². The molecule has 132 valence electrons. The van der Waals surface area contributed by atoms with Gasteiger partial charge in [-0.25, -0.2) is 0 Å². The second kappa shape index (κ2) is 8.30. The van der Waals surface area contributed by atoms with Crippen molar-refractivity contribution in [2.75, 3.05) is 39.4 Å². The van der Waals surface area contributed by atoms with Gasteiger partial charge in [0, 0.05) is 38.4 Å². The van der Waals surface area contributed by atoms with Crippen LogP contribution in [0.4, 0.5) is 0 Å². The summed E-state index contributed by atoms with van der Waals surface area (Å²) in [4.78, 5) is 14.4. The molecule has 2 aliphatic heterocycles. The van der Waals surface area contributed by atoms with E-state index in [9.17, 15) is 4.79 Å². The molecule has 2 aliphatic rings. The standard InChI is InChI=1S/C14H22N4O3.2ClH/c1-14(11-7-16-17(2)9-11)10-18(4-6-21-14)13(19)12-8-15-3-5-20-12;;/h7,9,12,15H,3-6,8,10H2,1-2H3;2*1H. The van der Waals surface area contributed by atoms with Gasteiger partial charge in [-0.2, -0.15) is 5.10 Å². The molecule has 0 spiro atoms. The van der Waals surface area contributed by atoms with Crippen molar-refractivity contribution in [3.8, 4) is 0 Å². The molecule has 23 heavy (non-hydrogen) atoms. The average molecular weight is 367 g/mol. The summed E-state index contributed by atoms with van der Waals surface area (Å²) in [7, 11) is 1.88. The minimum absolute atomic E-state index is 0. The number of carbonyl (C=O) groups excluding carboxylic acids is 1. The predicted octanol–water partition coefficient (Wildman–Crippen LogP) is 0.326. The fourth-order valence-corrected chi connectivity index (χ4v) is 2.85. The van der Waals surface area contributed by atoms with E-state index in [1.165, 1.54) is 0 Å². The normalized spacial score (nSPS) is 27.7. The molecule has 0 radical (unpaired) electrons. The topological polar surface area (TPSA) is 68.6 Å². The van der Waals surface area contributed by atoms with Gasteiger partial charge in [0.25, 0.3) is 5.91 Å². The Morgan fingerprint density at radius 3 is 2.83 bits per heavy atom. The second-order valence-corrected chi connectivity index (χ2v) is 5.81. The van der Waals surface area contributed by atoms with E-state index in [0.717, 1.165) is 12.1 Å². The van der Waals surface area contributed by atoms with Crippen molar-refractivity contribution in [3.05, 3.63) is 18.0 Å². The predicted molar refractivity (Wildman–Crippen MR) is 90.2 cm³/mol. The number of amides is 1. The molecule has 9 heteroatoms. The Kier molecular flexibility index (Phi) is 7.29. The molecule has 1 aromatic heterocycles. The van der Waals surface area contributed by atoms with E-state index in [1.54, 1.807) is 10.9 Å². The van der Waals surface area contributed by atoms with Gasteiger partial charge in [0.05, 0.1) is 26.0 Å². The number of hydrogen-bond acceptors (Lipinski definition) is 5. The highest BCUT2D eigenvalue weighted by molar-refractivity contribution is 5.85. The van der Waals surface area contributed by atoms with Gasteiger partial charge in [0.15, 0.2) is 0 Å². The van der Waals surface area contributed by atoms with Crippen molar-refractivity contribution in [2.45, 2.75) is 18.6 Å². The van der Waals surface area contributed by atoms with E-state index in [2.05, 4.69) is 10.4 Å². The minimum Gasteiger partial charge on any atom is -0.367 e. The highest BCUT2D eigenvalue weighted by Crippen LogP contribution is 2.29. The summed E-state index contributed by atoms with van der Waals surface area (Å²) in [6, 6.07) is 0. The molecule has 3 rings (SSSR count). The molecule has 0 aromatic carbocycles. The number of aryl methyl sites for hydroxylation is 1. The number of morpholine rings is 2. The minimum atomic E-state index is -0.510. The van der Waals surface area contributed by atoms with E-state index in [1.807, 2.05) is 25.1 Å². The van der Waals surface area contributed by atoms with Crippen LogP contribution in [-0.2, 0) is 26.9 Å². The Balaban J connectivity index is 0.00000132. The third kappa shape index (κ3) is 4.36. The van der Waals surface area contributed by atoms with Crippen LogP contribution in [0, 0.1) is 0 Å². The zero-order valence-electron chi connectivity index (χ0n) is 13.4. The highest BCUT2D eigenvalue weighted by Gasteiger charge is 2.38. The van der Waals surface area contributed by atoms with Crippen molar-refractivity contribution < 1.29 is 14.3 Å². The van der Waals surface area contributed by atoms with Gasteiger partial charge >= 0.3 is 0 Å². The van der Waals surface area contributed by atoms with Gasteiger partial charge < -0.3 is 19.7 Å². The number of nitrogens with one attached hydrogen (secondary N) is 1. The van der Waals surface area contributed by atoms with Gasteiger partial charge in [-0.3, -0.25) is 9.48 Å². The summed E-state index contributed by atoms with van der Waals surface area (Å²) in [5, 5.41) is 7.39. The van der Waals surface area contributed by atoms with Gasteiger partial charge in [-0.1, -0.05) is 0 Å². The van der Waals surface area contributed by atoms with E-state index >= 15 is 0 Å². The number of halogens is 2. The molecule has 2 fully saturated rings. The van der Waals surface area contributed by atoms with Crippen LogP contribution in [0.5, 0.6) is 0 Å². The number of aromatic nitrogens is 2. The molecule has 0 saturated carbocycles. The molecule has 1 amide bonds. The molecule has 0 aliphatic carbocycles. The fourth-order valence-electron chi connectivity index (χ4n) is 2.85. The molecule has 3 heterocycles. The lowest BCUT2D eigenvalue weighted by Crippen LogP contribution is -2.56. The van der Waals surface area contributed by atoms with E-state index in [0.29, 0.717) is 32.8 Å². The summed E-state index contributed by atoms with van der Waals surface area (Å²) in [6.45, 7) is 5.63. The van der Waals surface area contributed by atoms with E-state index < -0.39 is 5.60 Å². The molecule has 1 N–H and O–H groups in total. The van der Waals surface area contributed by atoms with Crippen LogP contribution in [0.3, 0.4) is 0 Å². The Labute approximate surface area is 148 Å². The third-order valence-corrected chi connectivity index (χ3v) is 4.10. The zero-order chi connectivity index (χ0) is 14.9. The first kappa shape index (κ1) is 20.2. The summed E-state index contributed by atoms with van der Waals surface area (Å²) in [5.74, 6) is 0.0422. The number of rotatable bonds is 2. The van der Waals surface area contributed by atoms with Crippen molar-refractivity contribution in [1.82, 2.24) is 20.0 Å². The van der Waals surface area contributed by atoms with Crippen LogP contribution >= 0.6 is 24.8 Å². The van der Waals surface area contributed by atoms with Gasteiger partial charge in [-0.05, 0) is 6.92 Å². The zero-order valence-corrected chi connectivity index (χ0v) is 15.0. The first-order valence-electron chi connectivity index (χ1n) is 7.33. The molecule has 0 bridgehead atoms. The maximum absolute atomic E-state index is 12.6. The van der Waals surface area contributed by atoms with Crippen LogP contribution in [0.1, 0.15) is 12.5 Å². The maximum atomic E-state index is 12.6. The number of nitrogens with zero attached hydrogens (tertiary/aromatic N) is 3.